The molecule has 2 aliphatic heterocycles. The molecule has 18 heavy (non-hydrogen) atoms. The fourth-order valence-corrected chi connectivity index (χ4v) is 3.09. The second-order valence-electron chi connectivity index (χ2n) is 5.07. The van der Waals surface area contributed by atoms with Crippen LogP contribution in [-0.4, -0.2) is 12.5 Å². The molecule has 2 aliphatic rings. The van der Waals surface area contributed by atoms with E-state index >= 15 is 0 Å². The topological polar surface area (TPSA) is 44.1 Å². The largest absolute Gasteiger partial charge is 0.312 e. The van der Waals surface area contributed by atoms with Crippen LogP contribution in [0.5, 0.6) is 0 Å². The SMILES string of the molecule is CCC(C#N)c1cc2c3c(c1)CCN3C(=O)CC2. The fourth-order valence-electron chi connectivity index (χ4n) is 3.09. The molecule has 0 radical (unpaired) electrons. The summed E-state index contributed by atoms with van der Waals surface area (Å²) in [6, 6.07) is 6.64. The summed E-state index contributed by atoms with van der Waals surface area (Å²) in [5.41, 5.74) is 4.78. The lowest BCUT2D eigenvalue weighted by Gasteiger charge is -2.26. The first-order chi connectivity index (χ1) is 8.74. The van der Waals surface area contributed by atoms with Crippen molar-refractivity contribution in [1.82, 2.24) is 0 Å². The minimum Gasteiger partial charge on any atom is -0.312 e. The molecular formula is C15H16N2O. The highest BCUT2D eigenvalue weighted by Gasteiger charge is 2.31. The summed E-state index contributed by atoms with van der Waals surface area (Å²) in [6.07, 6.45) is 3.22. The normalized spacial score (nSPS) is 18.4. The Bertz CT molecular complexity index is 556. The van der Waals surface area contributed by atoms with E-state index in [0.29, 0.717) is 6.42 Å². The Morgan fingerprint density at radius 2 is 2.06 bits per heavy atom. The van der Waals surface area contributed by atoms with Gasteiger partial charge in [0, 0.05) is 13.0 Å². The summed E-state index contributed by atoms with van der Waals surface area (Å²) in [5.74, 6) is 0.236. The maximum absolute atomic E-state index is 11.8. The molecule has 3 nitrogen and oxygen atoms in total. The van der Waals surface area contributed by atoms with E-state index in [1.165, 1.54) is 11.1 Å². The van der Waals surface area contributed by atoms with Crippen LogP contribution in [0.1, 0.15) is 42.4 Å². The van der Waals surface area contributed by atoms with Gasteiger partial charge in [0.15, 0.2) is 0 Å². The van der Waals surface area contributed by atoms with Crippen molar-refractivity contribution >= 4 is 11.6 Å². The van der Waals surface area contributed by atoms with E-state index < -0.39 is 0 Å². The second kappa shape index (κ2) is 4.13. The van der Waals surface area contributed by atoms with E-state index in [-0.39, 0.29) is 11.8 Å². The molecule has 2 heterocycles. The van der Waals surface area contributed by atoms with Gasteiger partial charge >= 0.3 is 0 Å². The predicted octanol–water partition coefficient (Wildman–Crippen LogP) is 2.54. The van der Waals surface area contributed by atoms with Gasteiger partial charge in [-0.3, -0.25) is 4.79 Å². The molecule has 1 atom stereocenters. The van der Waals surface area contributed by atoms with Crippen molar-refractivity contribution in [3.8, 4) is 6.07 Å². The van der Waals surface area contributed by atoms with Crippen LogP contribution in [0.3, 0.4) is 0 Å². The Balaban J connectivity index is 2.10. The Morgan fingerprint density at radius 1 is 1.33 bits per heavy atom. The Labute approximate surface area is 107 Å². The van der Waals surface area contributed by atoms with Crippen molar-refractivity contribution in [3.63, 3.8) is 0 Å². The second-order valence-corrected chi connectivity index (χ2v) is 5.07. The first kappa shape index (κ1) is 11.3. The first-order valence-corrected chi connectivity index (χ1v) is 6.60. The Kier molecular flexibility index (Phi) is 2.59. The molecule has 0 saturated heterocycles. The van der Waals surface area contributed by atoms with Gasteiger partial charge in [0.25, 0.3) is 0 Å². The third kappa shape index (κ3) is 1.53. The number of amides is 1. The first-order valence-electron chi connectivity index (χ1n) is 6.60. The van der Waals surface area contributed by atoms with Gasteiger partial charge < -0.3 is 4.90 Å². The van der Waals surface area contributed by atoms with Gasteiger partial charge in [0.2, 0.25) is 5.91 Å². The molecule has 0 fully saturated rings. The predicted molar refractivity (Wildman–Crippen MR) is 69.5 cm³/mol. The monoisotopic (exact) mass is 240 g/mol. The van der Waals surface area contributed by atoms with Crippen molar-refractivity contribution in [1.29, 1.82) is 5.26 Å². The quantitative estimate of drug-likeness (QED) is 0.797. The molecule has 0 bridgehead atoms. The maximum Gasteiger partial charge on any atom is 0.227 e. The highest BCUT2D eigenvalue weighted by Crippen LogP contribution is 2.39. The summed E-state index contributed by atoms with van der Waals surface area (Å²) in [6.45, 7) is 2.86. The molecule has 3 heteroatoms. The summed E-state index contributed by atoms with van der Waals surface area (Å²) in [7, 11) is 0. The molecular weight excluding hydrogens is 224 g/mol. The van der Waals surface area contributed by atoms with Crippen LogP contribution in [0, 0.1) is 11.3 Å². The third-order valence-electron chi connectivity index (χ3n) is 4.04. The lowest BCUT2D eigenvalue weighted by atomic mass is 9.90. The number of nitrogens with zero attached hydrogens (tertiary/aromatic N) is 2. The molecule has 0 aromatic heterocycles. The van der Waals surface area contributed by atoms with Crippen LogP contribution in [-0.2, 0) is 17.6 Å². The van der Waals surface area contributed by atoms with Crippen LogP contribution in [0.25, 0.3) is 0 Å². The van der Waals surface area contributed by atoms with Crippen LogP contribution in [0.2, 0.25) is 0 Å². The van der Waals surface area contributed by atoms with Gasteiger partial charge in [-0.15, -0.1) is 0 Å². The molecule has 92 valence electrons. The van der Waals surface area contributed by atoms with Crippen LogP contribution in [0.15, 0.2) is 12.1 Å². The van der Waals surface area contributed by atoms with Crippen LogP contribution < -0.4 is 4.90 Å². The molecule has 0 saturated carbocycles. The molecule has 3 rings (SSSR count). The zero-order chi connectivity index (χ0) is 12.7. The van der Waals surface area contributed by atoms with Crippen molar-refractivity contribution < 1.29 is 4.79 Å². The summed E-state index contributed by atoms with van der Waals surface area (Å²) < 4.78 is 0. The van der Waals surface area contributed by atoms with Crippen molar-refractivity contribution in [2.45, 2.75) is 38.5 Å². The van der Waals surface area contributed by atoms with E-state index in [1.54, 1.807) is 0 Å². The van der Waals surface area contributed by atoms with E-state index in [1.807, 2.05) is 11.8 Å². The third-order valence-corrected chi connectivity index (χ3v) is 4.04. The lowest BCUT2D eigenvalue weighted by Crippen LogP contribution is -2.32. The van der Waals surface area contributed by atoms with E-state index in [2.05, 4.69) is 18.2 Å². The maximum atomic E-state index is 11.8. The minimum atomic E-state index is -0.0155. The van der Waals surface area contributed by atoms with Gasteiger partial charge in [-0.1, -0.05) is 19.1 Å². The minimum absolute atomic E-state index is 0.0155. The van der Waals surface area contributed by atoms with E-state index in [0.717, 1.165) is 37.1 Å². The van der Waals surface area contributed by atoms with Crippen LogP contribution >= 0.6 is 0 Å². The number of nitriles is 1. The molecule has 1 aromatic rings. The van der Waals surface area contributed by atoms with Gasteiger partial charge in [-0.05, 0) is 36.0 Å². The van der Waals surface area contributed by atoms with Crippen LogP contribution in [0.4, 0.5) is 5.69 Å². The average molecular weight is 240 g/mol. The Morgan fingerprint density at radius 3 is 2.72 bits per heavy atom. The van der Waals surface area contributed by atoms with Gasteiger partial charge in [-0.25, -0.2) is 0 Å². The molecule has 0 spiro atoms. The summed E-state index contributed by atoms with van der Waals surface area (Å²) >= 11 is 0. The Hall–Kier alpha value is -1.82. The zero-order valence-corrected chi connectivity index (χ0v) is 10.6. The molecule has 0 aliphatic carbocycles. The van der Waals surface area contributed by atoms with Crippen molar-refractivity contribution in [2.24, 2.45) is 0 Å². The number of benzene rings is 1. The molecule has 1 unspecified atom stereocenters. The van der Waals surface area contributed by atoms with Crippen molar-refractivity contribution in [2.75, 3.05) is 11.4 Å². The van der Waals surface area contributed by atoms with Gasteiger partial charge in [-0.2, -0.15) is 5.26 Å². The number of aryl methyl sites for hydroxylation is 1. The number of anilines is 1. The van der Waals surface area contributed by atoms with Gasteiger partial charge in [0.05, 0.1) is 17.7 Å². The van der Waals surface area contributed by atoms with Gasteiger partial charge in [0.1, 0.15) is 0 Å². The number of carbonyl (C=O) groups is 1. The summed E-state index contributed by atoms with van der Waals surface area (Å²) in [5, 5.41) is 9.19. The van der Waals surface area contributed by atoms with E-state index in [9.17, 15) is 10.1 Å². The lowest BCUT2D eigenvalue weighted by molar-refractivity contribution is -0.118. The smallest absolute Gasteiger partial charge is 0.227 e. The number of hydrogen-bond donors (Lipinski definition) is 0. The zero-order valence-electron chi connectivity index (χ0n) is 10.6. The standard InChI is InChI=1S/C15H16N2O/c1-2-10(9-16)13-7-11-3-4-14(18)17-6-5-12(8-13)15(11)17/h7-8,10H,2-6H2,1H3. The highest BCUT2D eigenvalue weighted by atomic mass is 16.2. The fraction of sp³-hybridized carbons (Fsp3) is 0.467. The number of carbonyl (C=O) groups excluding carboxylic acids is 1. The number of hydrogen-bond acceptors (Lipinski definition) is 2. The van der Waals surface area contributed by atoms with E-state index in [4.69, 9.17) is 0 Å². The number of rotatable bonds is 2. The van der Waals surface area contributed by atoms with Crippen molar-refractivity contribution in [3.05, 3.63) is 28.8 Å². The molecule has 1 amide bonds. The molecule has 0 N–H and O–H groups in total. The molecule has 1 aromatic carbocycles. The highest BCUT2D eigenvalue weighted by molar-refractivity contribution is 5.98. The average Bonchev–Trinajstić information content (AvgIpc) is 2.81. The summed E-state index contributed by atoms with van der Waals surface area (Å²) in [4.78, 5) is 13.7.